The Morgan fingerprint density at radius 2 is 1.89 bits per heavy atom. The van der Waals surface area contributed by atoms with Gasteiger partial charge in [0.15, 0.2) is 6.10 Å². The molecule has 0 aliphatic rings. The molecule has 0 bridgehead atoms. The Morgan fingerprint density at radius 1 is 1.33 bits per heavy atom. The summed E-state index contributed by atoms with van der Waals surface area (Å²) in [5, 5.41) is 2.78. The lowest BCUT2D eigenvalue weighted by Gasteiger charge is -2.29. The van der Waals surface area contributed by atoms with Crippen LogP contribution in [0.2, 0.25) is 0 Å². The number of hydrogen-bond donors (Lipinski definition) is 1. The van der Waals surface area contributed by atoms with Crippen LogP contribution in [0, 0.1) is 0 Å². The quantitative estimate of drug-likeness (QED) is 0.718. The summed E-state index contributed by atoms with van der Waals surface area (Å²) in [4.78, 5) is 11.7. The molecule has 0 aliphatic carbocycles. The number of ether oxygens (including phenoxy) is 2. The fourth-order valence-corrected chi connectivity index (χ4v) is 1.25. The predicted molar refractivity (Wildman–Crippen MR) is 60.2 cm³/mol. The molecule has 1 N–H and O–H groups in total. The largest absolute Gasteiger partial charge is 0.465 e. The summed E-state index contributed by atoms with van der Waals surface area (Å²) in [5.74, 6) is -0.624. The van der Waals surface area contributed by atoms with E-state index in [4.69, 9.17) is 9.47 Å². The first-order chi connectivity index (χ1) is 8.17. The minimum atomic E-state index is -4.44. The number of rotatable bonds is 7. The lowest BCUT2D eigenvalue weighted by Crippen LogP contribution is -2.55. The second-order valence-corrected chi connectivity index (χ2v) is 4.08. The first-order valence-corrected chi connectivity index (χ1v) is 5.78. The molecule has 0 radical (unpaired) electrons. The minimum Gasteiger partial charge on any atom is -0.465 e. The van der Waals surface area contributed by atoms with Gasteiger partial charge in [0.25, 0.3) is 0 Å². The lowest BCUT2D eigenvalue weighted by atomic mass is 10.0. The summed E-state index contributed by atoms with van der Waals surface area (Å²) in [6.07, 6.45) is -6.37. The first kappa shape index (κ1) is 17.2. The average molecular weight is 271 g/mol. The minimum absolute atomic E-state index is 0.161. The Kier molecular flexibility index (Phi) is 6.62. The van der Waals surface area contributed by atoms with E-state index >= 15 is 0 Å². The van der Waals surface area contributed by atoms with E-state index in [1.54, 1.807) is 13.8 Å². The Balaban J connectivity index is 4.57. The van der Waals surface area contributed by atoms with Gasteiger partial charge in [0, 0.05) is 0 Å². The highest BCUT2D eigenvalue weighted by Gasteiger charge is 2.41. The number of halogens is 3. The summed E-state index contributed by atoms with van der Waals surface area (Å²) in [5.41, 5.74) is -1.27. The normalized spacial score (nSPS) is 17.1. The molecular weight excluding hydrogens is 251 g/mol. The van der Waals surface area contributed by atoms with Crippen molar-refractivity contribution >= 4 is 5.97 Å². The second kappa shape index (κ2) is 6.94. The molecule has 0 heterocycles. The van der Waals surface area contributed by atoms with Gasteiger partial charge in [-0.2, -0.15) is 13.2 Å². The van der Waals surface area contributed by atoms with Crippen molar-refractivity contribution in [3.8, 4) is 0 Å². The van der Waals surface area contributed by atoms with E-state index in [0.29, 0.717) is 6.54 Å². The Morgan fingerprint density at radius 3 is 2.28 bits per heavy atom. The van der Waals surface area contributed by atoms with Gasteiger partial charge in [0.1, 0.15) is 5.54 Å². The Hall–Kier alpha value is -0.820. The molecule has 0 saturated carbocycles. The molecule has 108 valence electrons. The van der Waals surface area contributed by atoms with Crippen LogP contribution in [-0.2, 0) is 14.3 Å². The predicted octanol–water partition coefficient (Wildman–Crippen LogP) is 1.89. The van der Waals surface area contributed by atoms with E-state index in [0.717, 1.165) is 6.92 Å². The van der Waals surface area contributed by atoms with Crippen molar-refractivity contribution in [2.24, 2.45) is 0 Å². The number of likely N-dealkylation sites (N-methyl/N-ethyl adjacent to an activating group) is 1. The summed E-state index contributed by atoms with van der Waals surface area (Å²) in [6, 6.07) is 0. The van der Waals surface area contributed by atoms with Gasteiger partial charge in [0.2, 0.25) is 0 Å². The third-order valence-corrected chi connectivity index (χ3v) is 2.38. The van der Waals surface area contributed by atoms with Crippen LogP contribution in [0.5, 0.6) is 0 Å². The van der Waals surface area contributed by atoms with Crippen molar-refractivity contribution < 1.29 is 27.4 Å². The summed E-state index contributed by atoms with van der Waals surface area (Å²) in [6.45, 7) is 5.90. The van der Waals surface area contributed by atoms with Crippen LogP contribution in [0.15, 0.2) is 0 Å². The van der Waals surface area contributed by atoms with E-state index in [1.165, 1.54) is 6.92 Å². The summed E-state index contributed by atoms with van der Waals surface area (Å²) < 4.78 is 46.4. The highest BCUT2D eigenvalue weighted by molar-refractivity contribution is 5.80. The zero-order chi connectivity index (χ0) is 14.4. The molecule has 0 aromatic rings. The van der Waals surface area contributed by atoms with Crippen LogP contribution in [0.4, 0.5) is 13.2 Å². The van der Waals surface area contributed by atoms with E-state index < -0.39 is 30.4 Å². The molecule has 0 aliphatic heterocycles. The summed E-state index contributed by atoms with van der Waals surface area (Å²) in [7, 11) is 0. The van der Waals surface area contributed by atoms with Crippen molar-refractivity contribution in [1.82, 2.24) is 5.32 Å². The smallest absolute Gasteiger partial charge is 0.414 e. The van der Waals surface area contributed by atoms with Crippen LogP contribution < -0.4 is 5.32 Å². The maximum atomic E-state index is 12.3. The molecule has 2 atom stereocenters. The number of hydrogen-bond acceptors (Lipinski definition) is 4. The van der Waals surface area contributed by atoms with E-state index in [1.807, 2.05) is 0 Å². The average Bonchev–Trinajstić information content (AvgIpc) is 2.25. The topological polar surface area (TPSA) is 47.6 Å². The molecule has 0 aromatic heterocycles. The van der Waals surface area contributed by atoms with Crippen molar-refractivity contribution in [2.75, 3.05) is 19.8 Å². The zero-order valence-corrected chi connectivity index (χ0v) is 11.1. The molecular formula is C11H20F3NO3. The Bertz CT molecular complexity index is 271. The number of nitrogens with one attached hydrogen (secondary N) is 1. The van der Waals surface area contributed by atoms with Crippen LogP contribution in [0.1, 0.15) is 27.7 Å². The van der Waals surface area contributed by atoms with Crippen molar-refractivity contribution in [1.29, 1.82) is 0 Å². The zero-order valence-electron chi connectivity index (χ0n) is 11.1. The molecule has 4 nitrogen and oxygen atoms in total. The third-order valence-electron chi connectivity index (χ3n) is 2.38. The lowest BCUT2D eigenvalue weighted by molar-refractivity contribution is -0.219. The molecule has 0 rings (SSSR count). The SMILES string of the molecule is CCNC(C)(COC(C)C(F)(F)F)C(=O)OCC. The number of carbonyl (C=O) groups is 1. The fourth-order valence-electron chi connectivity index (χ4n) is 1.25. The standard InChI is InChI=1S/C11H20F3NO3/c1-5-15-10(4,9(16)17-6-2)7-18-8(3)11(12,13)14/h8,15H,5-7H2,1-4H3. The van der Waals surface area contributed by atoms with Gasteiger partial charge < -0.3 is 14.8 Å². The molecule has 0 fully saturated rings. The number of alkyl halides is 3. The number of carbonyl (C=O) groups excluding carboxylic acids is 1. The van der Waals surface area contributed by atoms with Crippen molar-refractivity contribution in [3.63, 3.8) is 0 Å². The van der Waals surface area contributed by atoms with Gasteiger partial charge >= 0.3 is 12.1 Å². The highest BCUT2D eigenvalue weighted by Crippen LogP contribution is 2.23. The monoisotopic (exact) mass is 271 g/mol. The van der Waals surface area contributed by atoms with Crippen LogP contribution in [0.3, 0.4) is 0 Å². The van der Waals surface area contributed by atoms with Crippen molar-refractivity contribution in [3.05, 3.63) is 0 Å². The van der Waals surface area contributed by atoms with E-state index in [-0.39, 0.29) is 6.61 Å². The summed E-state index contributed by atoms with van der Waals surface area (Å²) >= 11 is 0. The molecule has 2 unspecified atom stereocenters. The molecule has 0 saturated heterocycles. The maximum absolute atomic E-state index is 12.3. The number of esters is 1. The van der Waals surface area contributed by atoms with Gasteiger partial charge in [0.05, 0.1) is 13.2 Å². The first-order valence-electron chi connectivity index (χ1n) is 5.78. The van der Waals surface area contributed by atoms with Gasteiger partial charge in [-0.1, -0.05) is 6.92 Å². The van der Waals surface area contributed by atoms with E-state index in [2.05, 4.69) is 5.32 Å². The highest BCUT2D eigenvalue weighted by atomic mass is 19.4. The van der Waals surface area contributed by atoms with Crippen LogP contribution in [-0.4, -0.2) is 43.5 Å². The van der Waals surface area contributed by atoms with Crippen LogP contribution in [0.25, 0.3) is 0 Å². The van der Waals surface area contributed by atoms with Crippen LogP contribution >= 0.6 is 0 Å². The van der Waals surface area contributed by atoms with Gasteiger partial charge in [-0.05, 0) is 27.3 Å². The molecule has 7 heteroatoms. The Labute approximate surface area is 105 Å². The van der Waals surface area contributed by atoms with Gasteiger partial charge in [-0.25, -0.2) is 4.79 Å². The van der Waals surface area contributed by atoms with Gasteiger partial charge in [-0.15, -0.1) is 0 Å². The maximum Gasteiger partial charge on any atom is 0.414 e. The van der Waals surface area contributed by atoms with Crippen molar-refractivity contribution in [2.45, 2.75) is 45.5 Å². The molecule has 0 spiro atoms. The van der Waals surface area contributed by atoms with Gasteiger partial charge in [-0.3, -0.25) is 0 Å². The third kappa shape index (κ3) is 5.22. The fraction of sp³-hybridized carbons (Fsp3) is 0.909. The van der Waals surface area contributed by atoms with E-state index in [9.17, 15) is 18.0 Å². The molecule has 0 aromatic carbocycles. The molecule has 18 heavy (non-hydrogen) atoms. The molecule has 0 amide bonds. The second-order valence-electron chi connectivity index (χ2n) is 4.08.